The summed E-state index contributed by atoms with van der Waals surface area (Å²) in [5, 5.41) is 34.0. The number of alkyl carbamates (subject to hydrolysis) is 1. The van der Waals surface area contributed by atoms with Crippen LogP contribution in [-0.2, 0) is 60.6 Å². The Balaban J connectivity index is 1.03. The van der Waals surface area contributed by atoms with Crippen molar-refractivity contribution in [1.29, 1.82) is 0 Å². The number of aliphatic hydroxyl groups is 2. The van der Waals surface area contributed by atoms with Gasteiger partial charge in [-0.1, -0.05) is 83.3 Å². The minimum atomic E-state index is -1.95. The lowest BCUT2D eigenvalue weighted by molar-refractivity contribution is -0.167. The SMILES string of the molecule is COc1cc2cc(c1Cl)N(C)C(=O)C[C@H](OC(=O)[C@H](C)N(C)C(=O)CCSSC(C)(C)CC(=O)N/N=C1/CCCCc3cc(NC(=O)CCCCCN4C(=O)C=CC4=O)ccc31)[C@@H](C)[C@@H](O)[C@H](C)[C@@H]1C[C@@](O)(NC(=O)O1)[C@H](OC)/C=C/C=C(\C)C2. The van der Waals surface area contributed by atoms with E-state index in [0.717, 1.165) is 47.2 Å². The van der Waals surface area contributed by atoms with Gasteiger partial charge in [-0.05, 0) is 108 Å². The maximum absolute atomic E-state index is 14.4. The minimum absolute atomic E-state index is 0.0385. The number of likely N-dealkylation sites (N-methyl/N-ethyl adjacent to an activating group) is 1. The van der Waals surface area contributed by atoms with Crippen LogP contribution in [0.3, 0.4) is 0 Å². The molecule has 4 aliphatic rings. The minimum Gasteiger partial charge on any atom is -0.495 e. The molecular weight excluding hydrogens is 1150 g/mol. The molecule has 1 saturated heterocycles. The van der Waals surface area contributed by atoms with Gasteiger partial charge in [0.1, 0.15) is 35.1 Å². The number of unbranched alkanes of at least 4 members (excludes halogenated alkanes) is 2. The van der Waals surface area contributed by atoms with Crippen molar-refractivity contribution in [2.45, 2.75) is 166 Å². The highest BCUT2D eigenvalue weighted by atomic mass is 35.5. The number of nitrogens with one attached hydrogen (secondary N) is 3. The van der Waals surface area contributed by atoms with Crippen LogP contribution in [0.1, 0.15) is 129 Å². The maximum Gasteiger partial charge on any atom is 0.409 e. The number of carbonyl (C=O) groups excluding carboxylic acids is 8. The molecule has 7 amide bonds. The summed E-state index contributed by atoms with van der Waals surface area (Å²) in [4.78, 5) is 109. The summed E-state index contributed by atoms with van der Waals surface area (Å²) < 4.78 is 22.4. The van der Waals surface area contributed by atoms with E-state index in [1.807, 2.05) is 45.0 Å². The number of esters is 1. The van der Waals surface area contributed by atoms with Crippen molar-refractivity contribution in [1.82, 2.24) is 20.5 Å². The van der Waals surface area contributed by atoms with Crippen molar-refractivity contribution in [3.8, 4) is 5.75 Å². The molecule has 1 fully saturated rings. The maximum atomic E-state index is 14.4. The Labute approximate surface area is 510 Å². The molecule has 5 N–H and O–H groups in total. The second-order valence-corrected chi connectivity index (χ2v) is 26.4. The lowest BCUT2D eigenvalue weighted by Crippen LogP contribution is -2.64. The topological polar surface area (TPSA) is 272 Å². The van der Waals surface area contributed by atoms with Gasteiger partial charge in [-0.3, -0.25) is 39.0 Å². The normalized spacial score (nSPS) is 25.0. The van der Waals surface area contributed by atoms with Crippen molar-refractivity contribution in [2.75, 3.05) is 50.8 Å². The Morgan fingerprint density at radius 3 is 2.42 bits per heavy atom. The Bertz CT molecular complexity index is 2920. The van der Waals surface area contributed by atoms with Crippen molar-refractivity contribution in [3.05, 3.63) is 88.0 Å². The van der Waals surface area contributed by atoms with Crippen LogP contribution < -0.4 is 25.7 Å². The van der Waals surface area contributed by atoms with Crippen molar-refractivity contribution < 1.29 is 67.5 Å². The summed E-state index contributed by atoms with van der Waals surface area (Å²) in [5.41, 5.74) is 6.11. The quantitative estimate of drug-likeness (QED) is 0.0210. The highest BCUT2D eigenvalue weighted by Gasteiger charge is 2.49. The summed E-state index contributed by atoms with van der Waals surface area (Å²) in [6, 6.07) is 8.07. The number of aliphatic hydroxyl groups excluding tert-OH is 1. The molecule has 8 atom stereocenters. The number of hydrazone groups is 1. The van der Waals surface area contributed by atoms with Crippen molar-refractivity contribution in [3.63, 3.8) is 0 Å². The smallest absolute Gasteiger partial charge is 0.409 e. The monoisotopic (exact) mass is 1240 g/mol. The largest absolute Gasteiger partial charge is 0.495 e. The van der Waals surface area contributed by atoms with Crippen LogP contribution in [0.25, 0.3) is 0 Å². The van der Waals surface area contributed by atoms with Crippen LogP contribution in [0.5, 0.6) is 5.75 Å². The number of ether oxygens (including phenoxy) is 4. The molecule has 3 heterocycles. The Morgan fingerprint density at radius 2 is 1.72 bits per heavy atom. The van der Waals surface area contributed by atoms with Crippen LogP contribution in [0.2, 0.25) is 5.02 Å². The molecule has 464 valence electrons. The number of halogens is 1. The molecular formula is C61H82ClN7O14S2. The Hall–Kier alpha value is -6.24. The number of methoxy groups -OCH3 is 2. The number of anilines is 2. The van der Waals surface area contributed by atoms with Gasteiger partial charge in [0, 0.05) is 99.2 Å². The Morgan fingerprint density at radius 1 is 1.00 bits per heavy atom. The summed E-state index contributed by atoms with van der Waals surface area (Å²) in [6.07, 6.45) is 7.35. The van der Waals surface area contributed by atoms with Gasteiger partial charge in [0.15, 0.2) is 5.72 Å². The number of hydrogen-bond acceptors (Lipinski definition) is 17. The van der Waals surface area contributed by atoms with Crippen LogP contribution in [0.4, 0.5) is 16.2 Å². The lowest BCUT2D eigenvalue weighted by atomic mass is 9.81. The van der Waals surface area contributed by atoms with Crippen molar-refractivity contribution in [2.24, 2.45) is 16.9 Å². The zero-order valence-electron chi connectivity index (χ0n) is 50.2. The van der Waals surface area contributed by atoms with E-state index in [0.29, 0.717) is 67.9 Å². The summed E-state index contributed by atoms with van der Waals surface area (Å²) >= 11 is 6.82. The molecule has 4 bridgehead atoms. The fourth-order valence-corrected chi connectivity index (χ4v) is 13.3. The second kappa shape index (κ2) is 30.9. The first kappa shape index (κ1) is 67.9. The van der Waals surface area contributed by atoms with Gasteiger partial charge < -0.3 is 44.3 Å². The number of nitrogens with zero attached hydrogens (tertiary/aromatic N) is 4. The summed E-state index contributed by atoms with van der Waals surface area (Å²) in [6.45, 7) is 10.8. The molecule has 6 rings (SSSR count). The van der Waals surface area contributed by atoms with Gasteiger partial charge >= 0.3 is 12.1 Å². The number of carbonyl (C=O) groups is 8. The zero-order valence-corrected chi connectivity index (χ0v) is 52.6. The van der Waals surface area contributed by atoms with Gasteiger partial charge in [0.2, 0.25) is 23.6 Å². The molecule has 0 spiro atoms. The van der Waals surface area contributed by atoms with E-state index in [9.17, 15) is 48.6 Å². The van der Waals surface area contributed by atoms with Crippen LogP contribution in [0, 0.1) is 11.8 Å². The number of benzene rings is 2. The standard InChI is InChI=1S/C61H82ClN7O14S2/c1-36-17-16-20-49(81-10)61(79)34-48(83-59(78)64-61)38(3)57(76)37(2)46(33-55(75)68(8)45-30-40(29-36)31-47(80-9)56(45)62)82-58(77)39(4)67(7)52(72)26-28-84-85-60(5,6)35-51(71)66-65-44-19-14-13-18-41-32-42(22-23-43(41)44)63-50(70)21-12-11-15-27-69-53(73)24-25-54(69)74/h16-17,20,22-25,30-32,37-39,46,48-49,57,76,79H,11-15,18-19,21,26-29,33-35H2,1-10H3,(H,63,70)(H,64,78)(H,66,71)/b20-16+,36-17+,65-44-/t37-,38-,39+,46+,48+,49-,57-,61+/m1/s1. The molecule has 85 heavy (non-hydrogen) atoms. The third kappa shape index (κ3) is 18.6. The van der Waals surface area contributed by atoms with Crippen molar-refractivity contribution >= 4 is 97.8 Å². The molecule has 21 nitrogen and oxygen atoms in total. The number of imide groups is 1. The number of allylic oxidation sites excluding steroid dienone is 3. The summed E-state index contributed by atoms with van der Waals surface area (Å²) in [7, 11) is 8.70. The van der Waals surface area contributed by atoms with E-state index in [-0.39, 0.29) is 53.8 Å². The van der Waals surface area contributed by atoms with Gasteiger partial charge in [0.25, 0.3) is 11.8 Å². The van der Waals surface area contributed by atoms with Gasteiger partial charge in [0.05, 0.1) is 31.0 Å². The third-order valence-electron chi connectivity index (χ3n) is 15.8. The highest BCUT2D eigenvalue weighted by molar-refractivity contribution is 8.77. The molecule has 0 saturated carbocycles. The van der Waals surface area contributed by atoms with Crippen LogP contribution in [0.15, 0.2) is 71.4 Å². The van der Waals surface area contributed by atoms with E-state index in [1.165, 1.54) is 83.7 Å². The van der Waals surface area contributed by atoms with E-state index < -0.39 is 77.2 Å². The molecule has 0 unspecified atom stereocenters. The van der Waals surface area contributed by atoms with E-state index >= 15 is 0 Å². The first-order valence-corrected chi connectivity index (χ1v) is 31.4. The predicted octanol–water partition coefficient (Wildman–Crippen LogP) is 7.97. The molecule has 2 aromatic rings. The Kier molecular flexibility index (Phi) is 24.7. The average molecular weight is 1240 g/mol. The van der Waals surface area contributed by atoms with Crippen LogP contribution >= 0.6 is 33.2 Å². The zero-order chi connectivity index (χ0) is 62.3. The highest BCUT2D eigenvalue weighted by Crippen LogP contribution is 2.40. The van der Waals surface area contributed by atoms with Gasteiger partial charge in [-0.15, -0.1) is 0 Å². The van der Waals surface area contributed by atoms with Gasteiger partial charge in [-0.25, -0.2) is 15.0 Å². The first-order chi connectivity index (χ1) is 40.2. The molecule has 1 aliphatic carbocycles. The predicted molar refractivity (Wildman–Crippen MR) is 328 cm³/mol. The van der Waals surface area contributed by atoms with E-state index in [1.54, 1.807) is 38.1 Å². The number of amides is 7. The molecule has 3 aliphatic heterocycles. The fraction of sp³-hybridized carbons (Fsp3) is 0.557. The molecule has 24 heteroatoms. The first-order valence-electron chi connectivity index (χ1n) is 28.7. The number of rotatable bonds is 20. The average Bonchev–Trinajstić information content (AvgIpc) is 3.32. The molecule has 0 radical (unpaired) electrons. The number of hydrogen-bond donors (Lipinski definition) is 5. The van der Waals surface area contributed by atoms with E-state index in [4.69, 9.17) is 30.5 Å². The summed E-state index contributed by atoms with van der Waals surface area (Å²) in [5.74, 6) is -3.95. The lowest BCUT2D eigenvalue weighted by Gasteiger charge is -2.43. The molecule has 2 aromatic carbocycles. The van der Waals surface area contributed by atoms with E-state index in [2.05, 4.69) is 21.2 Å². The number of fused-ring (bicyclic) bond motifs is 5. The van der Waals surface area contributed by atoms with Gasteiger partial charge in [-0.2, -0.15) is 5.10 Å². The third-order valence-corrected chi connectivity index (χ3v) is 19.5. The molecule has 0 aromatic heterocycles. The van der Waals surface area contributed by atoms with Crippen LogP contribution in [-0.4, -0.2) is 155 Å². The second-order valence-electron chi connectivity index (χ2n) is 22.9. The fourth-order valence-electron chi connectivity index (χ4n) is 10.5. The number of aryl methyl sites for hydroxylation is 1.